The first-order valence-electron chi connectivity index (χ1n) is 9.86. The number of rotatable bonds is 6. The summed E-state index contributed by atoms with van der Waals surface area (Å²) in [5.41, 5.74) is 7.85. The molecule has 0 fully saturated rings. The smallest absolute Gasteiger partial charge is 0.289 e. The van der Waals surface area contributed by atoms with Crippen LogP contribution in [0.5, 0.6) is 5.75 Å². The molecule has 2 amide bonds. The third-order valence-electron chi connectivity index (χ3n) is 4.55. The minimum absolute atomic E-state index is 0.104. The fraction of sp³-hybridized carbons (Fsp3) is 0.174. The van der Waals surface area contributed by atoms with E-state index in [1.807, 2.05) is 62.4 Å². The summed E-state index contributed by atoms with van der Waals surface area (Å²) >= 11 is 1.36. The molecule has 158 valence electrons. The third kappa shape index (κ3) is 4.92. The Morgan fingerprint density at radius 3 is 2.65 bits per heavy atom. The van der Waals surface area contributed by atoms with Gasteiger partial charge in [0.1, 0.15) is 16.5 Å². The van der Waals surface area contributed by atoms with Gasteiger partial charge in [-0.25, -0.2) is 4.98 Å². The number of aromatic nitrogens is 2. The number of hydrogen-bond acceptors (Lipinski definition) is 5. The summed E-state index contributed by atoms with van der Waals surface area (Å²) < 4.78 is 5.64. The van der Waals surface area contributed by atoms with Gasteiger partial charge >= 0.3 is 0 Å². The van der Waals surface area contributed by atoms with Gasteiger partial charge in [-0.1, -0.05) is 18.2 Å². The number of hydrazine groups is 1. The lowest BCUT2D eigenvalue weighted by Gasteiger charge is -2.09. The van der Waals surface area contributed by atoms with Gasteiger partial charge in [-0.15, -0.1) is 11.3 Å². The molecule has 2 heterocycles. The Morgan fingerprint density at radius 1 is 1.10 bits per heavy atom. The van der Waals surface area contributed by atoms with Crippen molar-refractivity contribution < 1.29 is 14.3 Å². The number of hydrogen-bond donors (Lipinski definition) is 3. The topological polar surface area (TPSA) is 96.1 Å². The fourth-order valence-electron chi connectivity index (χ4n) is 3.14. The SMILES string of the molecule is CC(C)Oc1ccc(-c2nc(C(=O)NNC(=O)Cc3c[nH]c4ccccc34)cs2)cc1. The van der Waals surface area contributed by atoms with E-state index in [0.717, 1.165) is 27.8 Å². The molecule has 2 aromatic carbocycles. The highest BCUT2D eigenvalue weighted by molar-refractivity contribution is 7.13. The maximum atomic E-state index is 12.4. The molecule has 0 saturated carbocycles. The Morgan fingerprint density at radius 2 is 1.87 bits per heavy atom. The van der Waals surface area contributed by atoms with Crippen molar-refractivity contribution in [1.29, 1.82) is 0 Å². The molecule has 0 aliphatic rings. The first kappa shape index (κ1) is 20.6. The van der Waals surface area contributed by atoms with Crippen molar-refractivity contribution in [3.05, 3.63) is 71.4 Å². The van der Waals surface area contributed by atoms with Crippen LogP contribution in [0.2, 0.25) is 0 Å². The van der Waals surface area contributed by atoms with Crippen molar-refractivity contribution in [1.82, 2.24) is 20.8 Å². The zero-order chi connectivity index (χ0) is 21.8. The molecule has 0 aliphatic heterocycles. The molecule has 0 spiro atoms. The normalized spacial score (nSPS) is 10.9. The van der Waals surface area contributed by atoms with Gasteiger partial charge in [0, 0.05) is 28.0 Å². The van der Waals surface area contributed by atoms with Gasteiger partial charge < -0.3 is 9.72 Å². The Bertz CT molecular complexity index is 1210. The van der Waals surface area contributed by atoms with Crippen LogP contribution >= 0.6 is 11.3 Å². The molecule has 7 nitrogen and oxygen atoms in total. The van der Waals surface area contributed by atoms with Crippen molar-refractivity contribution in [3.8, 4) is 16.3 Å². The largest absolute Gasteiger partial charge is 0.491 e. The third-order valence-corrected chi connectivity index (χ3v) is 5.44. The number of fused-ring (bicyclic) bond motifs is 1. The standard InChI is InChI=1S/C23H22N4O3S/c1-14(2)30-17-9-7-15(8-10-17)23-25-20(13-31-23)22(29)27-26-21(28)11-16-12-24-19-6-4-3-5-18(16)19/h3-10,12-14,24H,11H2,1-2H3,(H,26,28)(H,27,29). The predicted octanol–water partition coefficient (Wildman–Crippen LogP) is 4.08. The summed E-state index contributed by atoms with van der Waals surface area (Å²) in [6, 6.07) is 15.3. The van der Waals surface area contributed by atoms with Crippen molar-refractivity contribution in [3.63, 3.8) is 0 Å². The first-order valence-corrected chi connectivity index (χ1v) is 10.7. The Balaban J connectivity index is 1.34. The van der Waals surface area contributed by atoms with E-state index in [2.05, 4.69) is 20.8 Å². The van der Waals surface area contributed by atoms with E-state index in [1.54, 1.807) is 11.6 Å². The van der Waals surface area contributed by atoms with Crippen LogP contribution in [0.1, 0.15) is 29.9 Å². The van der Waals surface area contributed by atoms with Gasteiger partial charge in [0.2, 0.25) is 5.91 Å². The molecule has 0 saturated heterocycles. The van der Waals surface area contributed by atoms with Gasteiger partial charge in [0.15, 0.2) is 0 Å². The van der Waals surface area contributed by atoms with Gasteiger partial charge in [0.05, 0.1) is 12.5 Å². The number of ether oxygens (including phenoxy) is 1. The van der Waals surface area contributed by atoms with E-state index in [9.17, 15) is 9.59 Å². The summed E-state index contributed by atoms with van der Waals surface area (Å²) in [7, 11) is 0. The van der Waals surface area contributed by atoms with Gasteiger partial charge in [-0.05, 0) is 49.7 Å². The summed E-state index contributed by atoms with van der Waals surface area (Å²) in [4.78, 5) is 32.1. The van der Waals surface area contributed by atoms with Crippen LogP contribution in [0.4, 0.5) is 0 Å². The number of benzene rings is 2. The van der Waals surface area contributed by atoms with Gasteiger partial charge in [-0.2, -0.15) is 0 Å². The molecular weight excluding hydrogens is 412 g/mol. The summed E-state index contributed by atoms with van der Waals surface area (Å²) in [6.07, 6.45) is 2.06. The molecule has 0 bridgehead atoms. The number of thiazole rings is 1. The summed E-state index contributed by atoms with van der Waals surface area (Å²) in [6.45, 7) is 3.94. The zero-order valence-corrected chi connectivity index (χ0v) is 18.0. The second kappa shape index (κ2) is 9.01. The molecular formula is C23H22N4O3S. The van der Waals surface area contributed by atoms with Crippen molar-refractivity contribution in [2.45, 2.75) is 26.4 Å². The highest BCUT2D eigenvalue weighted by atomic mass is 32.1. The molecule has 3 N–H and O–H groups in total. The van der Waals surface area contributed by atoms with Crippen LogP contribution in [-0.4, -0.2) is 27.9 Å². The maximum Gasteiger partial charge on any atom is 0.289 e. The fourth-order valence-corrected chi connectivity index (χ4v) is 3.95. The Labute approximate surface area is 183 Å². The number of aromatic amines is 1. The molecule has 0 atom stereocenters. The van der Waals surface area contributed by atoms with E-state index in [1.165, 1.54) is 11.3 Å². The summed E-state index contributed by atoms with van der Waals surface area (Å²) in [5, 5.41) is 3.36. The molecule has 0 aliphatic carbocycles. The average Bonchev–Trinajstić information content (AvgIpc) is 3.40. The molecule has 0 radical (unpaired) electrons. The Kier molecular flexibility index (Phi) is 5.99. The van der Waals surface area contributed by atoms with Crippen molar-refractivity contribution in [2.24, 2.45) is 0 Å². The lowest BCUT2D eigenvalue weighted by Crippen LogP contribution is -2.42. The summed E-state index contributed by atoms with van der Waals surface area (Å²) in [5.74, 6) is 0.00928. The van der Waals surface area contributed by atoms with Crippen LogP contribution in [0, 0.1) is 0 Å². The Hall–Kier alpha value is -3.65. The maximum absolute atomic E-state index is 12.4. The van der Waals surface area contributed by atoms with Crippen molar-refractivity contribution in [2.75, 3.05) is 0 Å². The molecule has 4 aromatic rings. The van der Waals surface area contributed by atoms with Crippen LogP contribution in [0.3, 0.4) is 0 Å². The van der Waals surface area contributed by atoms with Crippen LogP contribution in [0.25, 0.3) is 21.5 Å². The van der Waals surface area contributed by atoms with E-state index < -0.39 is 5.91 Å². The minimum Gasteiger partial charge on any atom is -0.491 e. The highest BCUT2D eigenvalue weighted by Crippen LogP contribution is 2.26. The first-order chi connectivity index (χ1) is 15.0. The van der Waals surface area contributed by atoms with Gasteiger partial charge in [0.25, 0.3) is 5.91 Å². The number of nitrogens with one attached hydrogen (secondary N) is 3. The molecule has 0 unspecified atom stereocenters. The van der Waals surface area contributed by atoms with E-state index in [0.29, 0.717) is 5.01 Å². The second-order valence-corrected chi connectivity index (χ2v) is 8.13. The molecule has 2 aromatic heterocycles. The lowest BCUT2D eigenvalue weighted by molar-refractivity contribution is -0.121. The lowest BCUT2D eigenvalue weighted by atomic mass is 10.1. The minimum atomic E-state index is -0.463. The quantitative estimate of drug-likeness (QED) is 0.399. The molecule has 4 rings (SSSR count). The van der Waals surface area contributed by atoms with E-state index in [4.69, 9.17) is 4.74 Å². The predicted molar refractivity (Wildman–Crippen MR) is 121 cm³/mol. The number of H-pyrrole nitrogens is 1. The number of para-hydroxylation sites is 1. The van der Waals surface area contributed by atoms with Crippen LogP contribution in [-0.2, 0) is 11.2 Å². The monoisotopic (exact) mass is 434 g/mol. The average molecular weight is 435 g/mol. The van der Waals surface area contributed by atoms with Gasteiger partial charge in [-0.3, -0.25) is 20.4 Å². The zero-order valence-electron chi connectivity index (χ0n) is 17.1. The number of carbonyl (C=O) groups excluding carboxylic acids is 2. The van der Waals surface area contributed by atoms with Crippen LogP contribution < -0.4 is 15.6 Å². The number of nitrogens with zero attached hydrogens (tertiary/aromatic N) is 1. The molecule has 8 heteroatoms. The second-order valence-electron chi connectivity index (χ2n) is 7.27. The van der Waals surface area contributed by atoms with Crippen molar-refractivity contribution >= 4 is 34.1 Å². The number of amides is 2. The molecule has 31 heavy (non-hydrogen) atoms. The number of carbonyl (C=O) groups is 2. The van der Waals surface area contributed by atoms with E-state index in [-0.39, 0.29) is 24.1 Å². The van der Waals surface area contributed by atoms with Crippen LogP contribution in [0.15, 0.2) is 60.1 Å². The highest BCUT2D eigenvalue weighted by Gasteiger charge is 2.14. The van der Waals surface area contributed by atoms with E-state index >= 15 is 0 Å².